The summed E-state index contributed by atoms with van der Waals surface area (Å²) in [6.45, 7) is 0. The maximum atomic E-state index is 10.5. The Hall–Kier alpha value is -0.0125. The normalized spacial score (nSPS) is 10.5. The van der Waals surface area contributed by atoms with E-state index < -0.39 is 24.3 Å². The standard InChI is InChI=1S/2C2HF3O2.Ra/c2*3-2(4,5)1(6)7;/h2*(H,6,7);/q;;+2/p-2. The summed E-state index contributed by atoms with van der Waals surface area (Å²) in [4.78, 5) is 17.6. The maximum Gasteiger partial charge on any atom is 2.00 e. The van der Waals surface area contributed by atoms with Crippen LogP contribution in [0.4, 0.5) is 26.3 Å². The van der Waals surface area contributed by atoms with E-state index >= 15 is 0 Å². The molecule has 0 aliphatic carbocycles. The molecule has 0 unspecified atom stereocenters. The van der Waals surface area contributed by atoms with Gasteiger partial charge in [-0.1, -0.05) is 0 Å². The van der Waals surface area contributed by atoms with Gasteiger partial charge < -0.3 is 19.8 Å². The molecular weight excluding hydrogens is 452 g/mol. The Morgan fingerprint density at radius 2 is 0.800 bits per heavy atom. The van der Waals surface area contributed by atoms with Gasteiger partial charge in [0.15, 0.2) is 0 Å². The Bertz CT molecular complexity index is 196. The molecule has 0 bridgehead atoms. The first-order valence-electron chi connectivity index (χ1n) is 2.45. The first-order valence-corrected chi connectivity index (χ1v) is 2.45. The zero-order chi connectivity index (χ0) is 12.2. The van der Waals surface area contributed by atoms with E-state index in [9.17, 15) is 26.3 Å². The molecule has 0 radical (unpaired) electrons. The molecule has 0 aliphatic rings. The summed E-state index contributed by atoms with van der Waals surface area (Å²) in [5, 5.41) is 17.6. The molecule has 11 heteroatoms. The van der Waals surface area contributed by atoms with Gasteiger partial charge >= 0.3 is 57.4 Å². The molecule has 0 amide bonds. The van der Waals surface area contributed by atoms with E-state index in [1.54, 1.807) is 0 Å². The average Bonchev–Trinajstić information content (AvgIpc) is 1.83. The second kappa shape index (κ2) is 7.29. The van der Waals surface area contributed by atoms with Gasteiger partial charge in [-0.3, -0.25) is 0 Å². The van der Waals surface area contributed by atoms with Crippen LogP contribution in [0.1, 0.15) is 0 Å². The molecule has 0 spiro atoms. The number of hydrogen-bond donors (Lipinski definition) is 0. The van der Waals surface area contributed by atoms with Crippen molar-refractivity contribution in [3.8, 4) is 0 Å². The number of hydrogen-bond acceptors (Lipinski definition) is 4. The number of carboxylic acid groups (broad SMARTS) is 2. The van der Waals surface area contributed by atoms with Crippen molar-refractivity contribution < 1.29 is 91.2 Å². The summed E-state index contributed by atoms with van der Waals surface area (Å²) in [7, 11) is 0. The van der Waals surface area contributed by atoms with Crippen LogP contribution in [0.15, 0.2) is 0 Å². The Morgan fingerprint density at radius 3 is 0.800 bits per heavy atom. The van der Waals surface area contributed by atoms with Crippen molar-refractivity contribution in [3.63, 3.8) is 0 Å². The van der Waals surface area contributed by atoms with Crippen molar-refractivity contribution in [3.05, 3.63) is 0 Å². The third kappa shape index (κ3) is 14.0. The monoisotopic (exact) mass is 452 g/mol. The van der Waals surface area contributed by atoms with E-state index in [0.717, 1.165) is 0 Å². The van der Waals surface area contributed by atoms with Gasteiger partial charge in [0.25, 0.3) is 0 Å². The van der Waals surface area contributed by atoms with Crippen LogP contribution >= 0.6 is 0 Å². The minimum atomic E-state index is -5.19. The predicted octanol–water partition coefficient (Wildman–Crippen LogP) is -1.40. The molecule has 0 aromatic heterocycles. The largest absolute Gasteiger partial charge is 2.00 e. The minimum Gasteiger partial charge on any atom is -0.542 e. The third-order valence-corrected chi connectivity index (χ3v) is 0.463. The zero-order valence-corrected chi connectivity index (χ0v) is 12.4. The van der Waals surface area contributed by atoms with Crippen LogP contribution in [0.2, 0.25) is 0 Å². The SMILES string of the molecule is O=C([O-])C(F)(F)F.O=C([O-])C(F)(F)F.[Ra+2]. The van der Waals surface area contributed by atoms with Gasteiger partial charge in [0.1, 0.15) is 11.9 Å². The van der Waals surface area contributed by atoms with E-state index in [0.29, 0.717) is 0 Å². The topological polar surface area (TPSA) is 80.3 Å². The molecule has 0 saturated heterocycles. The van der Waals surface area contributed by atoms with Crippen LogP contribution in [-0.4, -0.2) is 24.3 Å². The van der Waals surface area contributed by atoms with Crippen molar-refractivity contribution in [2.75, 3.05) is 0 Å². The van der Waals surface area contributed by atoms with Crippen molar-refractivity contribution in [1.29, 1.82) is 0 Å². The van der Waals surface area contributed by atoms with E-state index in [-0.39, 0.29) is 45.0 Å². The predicted molar refractivity (Wildman–Crippen MR) is 22.1 cm³/mol. The van der Waals surface area contributed by atoms with E-state index in [2.05, 4.69) is 0 Å². The maximum absolute atomic E-state index is 10.5. The summed E-state index contributed by atoms with van der Waals surface area (Å²) >= 11 is 0. The summed E-state index contributed by atoms with van der Waals surface area (Å²) in [6, 6.07) is 0. The molecule has 0 aromatic carbocycles. The van der Waals surface area contributed by atoms with Gasteiger partial charge in [-0.05, 0) is 0 Å². The zero-order valence-electron chi connectivity index (χ0n) is 6.61. The number of aliphatic carboxylic acids is 2. The fourth-order valence-corrected chi connectivity index (χ4v) is 0. The van der Waals surface area contributed by atoms with Crippen molar-refractivity contribution in [2.24, 2.45) is 0 Å². The first-order chi connectivity index (χ1) is 5.89. The third-order valence-electron chi connectivity index (χ3n) is 0.463. The fraction of sp³-hybridized carbons (Fsp3) is 0.500. The van der Waals surface area contributed by atoms with Crippen LogP contribution in [-0.2, 0) is 9.59 Å². The molecule has 0 N–H and O–H groups in total. The molecule has 0 fully saturated rings. The smallest absolute Gasteiger partial charge is 0.542 e. The molecule has 4 nitrogen and oxygen atoms in total. The number of alkyl halides is 6. The van der Waals surface area contributed by atoms with E-state index in [1.165, 1.54) is 0 Å². The summed E-state index contributed by atoms with van der Waals surface area (Å²) in [5.74, 6) is -6.01. The minimum absolute atomic E-state index is 0. The van der Waals surface area contributed by atoms with Gasteiger partial charge in [-0.25, -0.2) is 0 Å². The molecule has 0 saturated carbocycles. The Balaban J connectivity index is -0.000000180. The number of carbonyl (C=O) groups is 2. The molecule has 0 rings (SSSR count). The van der Waals surface area contributed by atoms with Gasteiger partial charge in [0.2, 0.25) is 0 Å². The molecule has 84 valence electrons. The number of halogens is 6. The Morgan fingerprint density at radius 1 is 0.733 bits per heavy atom. The second-order valence-electron chi connectivity index (χ2n) is 1.57. The Labute approximate surface area is 115 Å². The quantitative estimate of drug-likeness (QED) is 0.424. The first kappa shape index (κ1) is 20.4. The summed E-state index contributed by atoms with van der Waals surface area (Å²) in [5.41, 5.74) is 0. The van der Waals surface area contributed by atoms with Gasteiger partial charge in [-0.2, -0.15) is 26.3 Å². The number of carboxylic acids is 2. The number of rotatable bonds is 0. The van der Waals surface area contributed by atoms with Crippen LogP contribution in [0.25, 0.3) is 0 Å². The van der Waals surface area contributed by atoms with E-state index in [4.69, 9.17) is 19.8 Å². The van der Waals surface area contributed by atoms with Gasteiger partial charge in [0, 0.05) is 0 Å². The molecular formula is C4F6O4Ra. The molecule has 0 aliphatic heterocycles. The van der Waals surface area contributed by atoms with Gasteiger partial charge in [0.05, 0.1) is 0 Å². The Kier molecular flexibility index (Phi) is 9.92. The van der Waals surface area contributed by atoms with Crippen LogP contribution in [0.3, 0.4) is 0 Å². The average molecular weight is 452 g/mol. The van der Waals surface area contributed by atoms with Gasteiger partial charge in [-0.15, -0.1) is 0 Å². The summed E-state index contributed by atoms with van der Waals surface area (Å²) < 4.78 is 63.1. The molecule has 0 atom stereocenters. The van der Waals surface area contributed by atoms with Crippen LogP contribution < -0.4 is 10.2 Å². The summed E-state index contributed by atoms with van der Waals surface area (Å²) in [6.07, 6.45) is -10.4. The van der Waals surface area contributed by atoms with Crippen LogP contribution in [0.5, 0.6) is 0 Å². The van der Waals surface area contributed by atoms with Crippen LogP contribution in [0, 0.1) is 45.0 Å². The number of carbonyl (C=O) groups excluding carboxylic acids is 2. The second-order valence-corrected chi connectivity index (χ2v) is 1.57. The van der Waals surface area contributed by atoms with Crippen molar-refractivity contribution >= 4 is 11.9 Å². The van der Waals surface area contributed by atoms with E-state index in [1.807, 2.05) is 0 Å². The molecule has 0 heterocycles. The molecule has 15 heavy (non-hydrogen) atoms. The van der Waals surface area contributed by atoms with Crippen molar-refractivity contribution in [1.82, 2.24) is 0 Å². The fourth-order valence-electron chi connectivity index (χ4n) is 0. The van der Waals surface area contributed by atoms with Crippen molar-refractivity contribution in [2.45, 2.75) is 12.4 Å². The molecule has 0 aromatic rings.